The lowest BCUT2D eigenvalue weighted by atomic mass is 9.78. The van der Waals surface area contributed by atoms with Crippen LogP contribution in [0.1, 0.15) is 31.7 Å². The molecule has 1 N–H and O–H groups in total. The zero-order valence-electron chi connectivity index (χ0n) is 10.3. The van der Waals surface area contributed by atoms with E-state index < -0.39 is 0 Å². The van der Waals surface area contributed by atoms with Crippen LogP contribution in [0, 0.1) is 12.3 Å². The fourth-order valence-electron chi connectivity index (χ4n) is 2.10. The van der Waals surface area contributed by atoms with Gasteiger partial charge in [-0.2, -0.15) is 0 Å². The van der Waals surface area contributed by atoms with Gasteiger partial charge in [-0.1, -0.05) is 24.1 Å². The van der Waals surface area contributed by atoms with Crippen molar-refractivity contribution in [1.29, 1.82) is 0 Å². The zero-order valence-corrected chi connectivity index (χ0v) is 10.3. The smallest absolute Gasteiger partial charge is 0.148 e. The summed E-state index contributed by atoms with van der Waals surface area (Å²) in [6.45, 7) is 3.45. The molecule has 1 aromatic carbocycles. The van der Waals surface area contributed by atoms with E-state index in [-0.39, 0.29) is 0 Å². The van der Waals surface area contributed by atoms with E-state index in [2.05, 4.69) is 24.2 Å². The first-order valence-electron chi connectivity index (χ1n) is 6.13. The topological polar surface area (TPSA) is 21.3 Å². The third kappa shape index (κ3) is 3.01. The number of rotatable bonds is 5. The summed E-state index contributed by atoms with van der Waals surface area (Å²) < 4.78 is 5.53. The van der Waals surface area contributed by atoms with Gasteiger partial charge in [0.05, 0.1) is 0 Å². The molecule has 17 heavy (non-hydrogen) atoms. The number of para-hydroxylation sites is 1. The fraction of sp³-hybridized carbons (Fsp3) is 0.467. The number of nitrogens with one attached hydrogen (secondary N) is 1. The second-order valence-corrected chi connectivity index (χ2v) is 4.87. The average molecular weight is 229 g/mol. The molecule has 2 heteroatoms. The molecule has 1 aromatic rings. The van der Waals surface area contributed by atoms with Gasteiger partial charge in [0.25, 0.3) is 0 Å². The molecule has 0 saturated heterocycles. The summed E-state index contributed by atoms with van der Waals surface area (Å²) in [7, 11) is 0. The van der Waals surface area contributed by atoms with Crippen LogP contribution in [-0.4, -0.2) is 12.1 Å². The van der Waals surface area contributed by atoms with Crippen molar-refractivity contribution in [1.82, 2.24) is 5.32 Å². The first-order valence-corrected chi connectivity index (χ1v) is 6.13. The Labute approximate surface area is 103 Å². The third-order valence-corrected chi connectivity index (χ3v) is 3.45. The van der Waals surface area contributed by atoms with E-state index >= 15 is 0 Å². The van der Waals surface area contributed by atoms with Gasteiger partial charge in [-0.15, -0.1) is 6.42 Å². The van der Waals surface area contributed by atoms with Crippen LogP contribution in [0.15, 0.2) is 24.3 Å². The Bertz CT molecular complexity index is 415. The maximum atomic E-state index is 5.53. The number of terminal acetylenes is 1. The highest BCUT2D eigenvalue weighted by atomic mass is 16.5. The largest absolute Gasteiger partial charge is 0.481 e. The van der Waals surface area contributed by atoms with Crippen LogP contribution in [0.3, 0.4) is 0 Å². The lowest BCUT2D eigenvalue weighted by Gasteiger charge is -2.39. The summed E-state index contributed by atoms with van der Waals surface area (Å²) in [5.41, 5.74) is 1.50. The second kappa shape index (κ2) is 5.25. The molecule has 0 aromatic heterocycles. The Morgan fingerprint density at radius 2 is 2.18 bits per heavy atom. The summed E-state index contributed by atoms with van der Waals surface area (Å²) in [5, 5.41) is 3.60. The molecule has 1 saturated carbocycles. The molecule has 0 amide bonds. The van der Waals surface area contributed by atoms with Crippen molar-refractivity contribution in [2.75, 3.05) is 6.61 Å². The predicted octanol–water partition coefficient (Wildman–Crippen LogP) is 2.73. The van der Waals surface area contributed by atoms with Gasteiger partial charge in [0, 0.05) is 17.6 Å². The van der Waals surface area contributed by atoms with Crippen molar-refractivity contribution < 1.29 is 4.74 Å². The van der Waals surface area contributed by atoms with E-state index in [1.54, 1.807) is 0 Å². The molecule has 2 nitrogen and oxygen atoms in total. The lowest BCUT2D eigenvalue weighted by molar-refractivity contribution is 0.206. The van der Waals surface area contributed by atoms with Crippen LogP contribution in [-0.2, 0) is 6.54 Å². The highest BCUT2D eigenvalue weighted by Gasteiger charge is 2.30. The molecule has 1 aliphatic carbocycles. The molecule has 1 fully saturated rings. The van der Waals surface area contributed by atoms with Crippen LogP contribution in [0.2, 0.25) is 0 Å². The minimum absolute atomic E-state index is 0.319. The number of hydrogen-bond acceptors (Lipinski definition) is 2. The Morgan fingerprint density at radius 3 is 2.82 bits per heavy atom. The van der Waals surface area contributed by atoms with Crippen LogP contribution >= 0.6 is 0 Å². The van der Waals surface area contributed by atoms with Gasteiger partial charge in [-0.3, -0.25) is 0 Å². The molecule has 1 aliphatic rings. The first kappa shape index (κ1) is 12.0. The fourth-order valence-corrected chi connectivity index (χ4v) is 2.10. The van der Waals surface area contributed by atoms with E-state index in [0.717, 1.165) is 12.3 Å². The highest BCUT2D eigenvalue weighted by Crippen LogP contribution is 2.31. The van der Waals surface area contributed by atoms with E-state index in [1.807, 2.05) is 18.2 Å². The molecular formula is C15H19NO. The predicted molar refractivity (Wildman–Crippen MR) is 69.9 cm³/mol. The van der Waals surface area contributed by atoms with Gasteiger partial charge in [-0.05, 0) is 32.3 Å². The Balaban J connectivity index is 1.97. The average Bonchev–Trinajstić information content (AvgIpc) is 2.32. The summed E-state index contributed by atoms with van der Waals surface area (Å²) in [6.07, 6.45) is 9.07. The van der Waals surface area contributed by atoms with Gasteiger partial charge >= 0.3 is 0 Å². The monoisotopic (exact) mass is 229 g/mol. The van der Waals surface area contributed by atoms with Gasteiger partial charge in [0.1, 0.15) is 12.4 Å². The highest BCUT2D eigenvalue weighted by molar-refractivity contribution is 5.33. The summed E-state index contributed by atoms with van der Waals surface area (Å²) in [5.74, 6) is 3.39. The van der Waals surface area contributed by atoms with Crippen LogP contribution in [0.4, 0.5) is 0 Å². The molecule has 90 valence electrons. The van der Waals surface area contributed by atoms with Gasteiger partial charge < -0.3 is 10.1 Å². The lowest BCUT2D eigenvalue weighted by Crippen LogP contribution is -2.47. The molecule has 0 bridgehead atoms. The molecule has 0 radical (unpaired) electrons. The molecule has 0 heterocycles. The van der Waals surface area contributed by atoms with Crippen molar-refractivity contribution in [3.05, 3.63) is 29.8 Å². The minimum atomic E-state index is 0.319. The van der Waals surface area contributed by atoms with Crippen molar-refractivity contribution >= 4 is 0 Å². The molecule has 0 unspecified atom stereocenters. The van der Waals surface area contributed by atoms with Crippen molar-refractivity contribution in [2.45, 2.75) is 38.3 Å². The van der Waals surface area contributed by atoms with Crippen LogP contribution < -0.4 is 10.1 Å². The van der Waals surface area contributed by atoms with E-state index in [1.165, 1.54) is 24.8 Å². The zero-order chi connectivity index (χ0) is 12.1. The maximum absolute atomic E-state index is 5.53. The molecule has 2 rings (SSSR count). The standard InChI is InChI=1S/C15H19NO/c1-3-11-17-14-8-5-4-7-13(14)12-16-15(2)9-6-10-15/h1,4-5,7-8,16H,6,9-12H2,2H3. The molecule has 0 spiro atoms. The Kier molecular flexibility index (Phi) is 3.71. The Hall–Kier alpha value is -1.46. The molecular weight excluding hydrogens is 210 g/mol. The number of ether oxygens (including phenoxy) is 1. The quantitative estimate of drug-likeness (QED) is 0.784. The normalized spacial score (nSPS) is 16.9. The van der Waals surface area contributed by atoms with E-state index in [4.69, 9.17) is 11.2 Å². The van der Waals surface area contributed by atoms with E-state index in [0.29, 0.717) is 12.1 Å². The summed E-state index contributed by atoms with van der Waals surface area (Å²) >= 11 is 0. The van der Waals surface area contributed by atoms with Crippen LogP contribution in [0.25, 0.3) is 0 Å². The SMILES string of the molecule is C#CCOc1ccccc1CNC1(C)CCC1. The molecule has 0 atom stereocenters. The van der Waals surface area contributed by atoms with Crippen LogP contribution in [0.5, 0.6) is 5.75 Å². The Morgan fingerprint density at radius 1 is 1.41 bits per heavy atom. The summed E-state index contributed by atoms with van der Waals surface area (Å²) in [6, 6.07) is 8.06. The van der Waals surface area contributed by atoms with Crippen molar-refractivity contribution in [3.63, 3.8) is 0 Å². The summed E-state index contributed by atoms with van der Waals surface area (Å²) in [4.78, 5) is 0. The van der Waals surface area contributed by atoms with E-state index in [9.17, 15) is 0 Å². The van der Waals surface area contributed by atoms with Crippen molar-refractivity contribution in [3.8, 4) is 18.1 Å². The number of hydrogen-bond donors (Lipinski definition) is 1. The van der Waals surface area contributed by atoms with Gasteiger partial charge in [-0.25, -0.2) is 0 Å². The third-order valence-electron chi connectivity index (χ3n) is 3.45. The maximum Gasteiger partial charge on any atom is 0.148 e. The molecule has 0 aliphatic heterocycles. The van der Waals surface area contributed by atoms with Gasteiger partial charge in [0.2, 0.25) is 0 Å². The van der Waals surface area contributed by atoms with Gasteiger partial charge in [0.15, 0.2) is 0 Å². The number of benzene rings is 1. The second-order valence-electron chi connectivity index (χ2n) is 4.87. The van der Waals surface area contributed by atoms with Crippen molar-refractivity contribution in [2.24, 2.45) is 0 Å². The minimum Gasteiger partial charge on any atom is -0.481 e. The first-order chi connectivity index (χ1) is 8.23.